The fourth-order valence-corrected chi connectivity index (χ4v) is 6.71. The number of carbonyl (C=O) groups is 3. The largest absolute Gasteiger partial charge is 0.490 e. The lowest BCUT2D eigenvalue weighted by Crippen LogP contribution is -2.42. The normalized spacial score (nSPS) is 14.0. The van der Waals surface area contributed by atoms with Crippen molar-refractivity contribution in [2.24, 2.45) is 4.99 Å². The van der Waals surface area contributed by atoms with E-state index in [-0.39, 0.29) is 34.7 Å². The van der Waals surface area contributed by atoms with Gasteiger partial charge in [0.1, 0.15) is 12.2 Å². The number of amides is 3. The molecule has 5 rings (SSSR count). The van der Waals surface area contributed by atoms with Crippen molar-refractivity contribution in [2.45, 2.75) is 26.5 Å². The van der Waals surface area contributed by atoms with Gasteiger partial charge in [0.15, 0.2) is 16.7 Å². The minimum absolute atomic E-state index is 0.0288. The quantitative estimate of drug-likeness (QED) is 0.0413. The summed E-state index contributed by atoms with van der Waals surface area (Å²) in [5.41, 5.74) is 3.13. The second kappa shape index (κ2) is 19.3. The predicted molar refractivity (Wildman–Crippen MR) is 218 cm³/mol. The molecule has 55 heavy (non-hydrogen) atoms. The molecule has 0 aromatic heterocycles. The molecule has 0 atom stereocenters. The number of ether oxygens (including phenoxy) is 2. The predicted octanol–water partition coefficient (Wildman–Crippen LogP) is 8.73. The third-order valence-electron chi connectivity index (χ3n) is 8.12. The van der Waals surface area contributed by atoms with Crippen LogP contribution >= 0.6 is 27.7 Å². The number of nitrogens with one attached hydrogen (secondary N) is 1. The van der Waals surface area contributed by atoms with Crippen LogP contribution in [0, 0.1) is 10.1 Å². The number of hydrogen-bond acceptors (Lipinski definition) is 8. The number of hydrogen-bond donors (Lipinski definition) is 1. The summed E-state index contributed by atoms with van der Waals surface area (Å²) in [6, 6.07) is 28.1. The topological polar surface area (TPSA) is 140 Å². The molecule has 4 aromatic rings. The smallest absolute Gasteiger partial charge is 0.285 e. The molecule has 0 fully saturated rings. The Labute approximate surface area is 331 Å². The molecule has 280 valence electrons. The molecular formula is C42H37BrN4O7S. The van der Waals surface area contributed by atoms with Gasteiger partial charge in [-0.3, -0.25) is 29.4 Å². The molecule has 11 nitrogen and oxygen atoms in total. The van der Waals surface area contributed by atoms with Crippen LogP contribution in [-0.4, -0.2) is 45.1 Å². The van der Waals surface area contributed by atoms with Crippen LogP contribution in [-0.2, 0) is 21.0 Å². The fourth-order valence-electron chi connectivity index (χ4n) is 5.47. The van der Waals surface area contributed by atoms with E-state index in [1.807, 2.05) is 60.7 Å². The Balaban J connectivity index is 1.41. The molecule has 0 bridgehead atoms. The fraction of sp³-hybridized carbons (Fsp3) is 0.143. The Morgan fingerprint density at radius 2 is 1.64 bits per heavy atom. The number of aliphatic imine (C=N–C) groups is 1. The summed E-state index contributed by atoms with van der Waals surface area (Å²) in [7, 11) is 0. The Kier molecular flexibility index (Phi) is 14.1. The van der Waals surface area contributed by atoms with Crippen molar-refractivity contribution in [3.63, 3.8) is 0 Å². The number of thioether (sulfide) groups is 1. The number of nitro benzene ring substituents is 1. The molecule has 1 aliphatic rings. The van der Waals surface area contributed by atoms with E-state index in [2.05, 4.69) is 32.8 Å². The van der Waals surface area contributed by atoms with Gasteiger partial charge in [0.2, 0.25) is 5.91 Å². The zero-order valence-corrected chi connectivity index (χ0v) is 32.4. The first-order chi connectivity index (χ1) is 26.6. The number of halogens is 1. The average Bonchev–Trinajstić information content (AvgIpc) is 3.19. The molecule has 1 aliphatic heterocycles. The summed E-state index contributed by atoms with van der Waals surface area (Å²) >= 11 is 4.51. The standard InChI is InChI=1S/C42H37BrN4O7S/c1-4-7-18-32(5-2)46-41(50)34(23-31-24-36(53-6-3)37(25-35(31)43)54-26-28-19-21-33(22-20-28)47(51)52)40(49)45-42(46)55-27-38(48)44-39(29-14-10-8-11-15-29)30-16-12-9-13-17-30/h4-5,7-25,39H,1,6,26-27H2,2-3H3,(H,44,48)/b18-7-,32-5+,34-23+. The lowest BCUT2D eigenvalue weighted by atomic mass is 9.99. The monoisotopic (exact) mass is 820 g/mol. The first kappa shape index (κ1) is 40.1. The maximum Gasteiger partial charge on any atom is 0.285 e. The number of non-ortho nitro benzene ring substituents is 1. The van der Waals surface area contributed by atoms with Gasteiger partial charge in [-0.15, -0.1) is 0 Å². The number of nitrogens with zero attached hydrogens (tertiary/aromatic N) is 3. The van der Waals surface area contributed by atoms with Gasteiger partial charge in [0.25, 0.3) is 17.5 Å². The molecule has 3 amide bonds. The van der Waals surface area contributed by atoms with E-state index in [9.17, 15) is 24.5 Å². The summed E-state index contributed by atoms with van der Waals surface area (Å²) < 4.78 is 12.4. The lowest BCUT2D eigenvalue weighted by molar-refractivity contribution is -0.384. The van der Waals surface area contributed by atoms with E-state index >= 15 is 0 Å². The molecule has 0 unspecified atom stereocenters. The molecule has 4 aromatic carbocycles. The Hall–Kier alpha value is -6.05. The van der Waals surface area contributed by atoms with Crippen molar-refractivity contribution >= 4 is 62.3 Å². The van der Waals surface area contributed by atoms with Crippen LogP contribution in [0.5, 0.6) is 11.5 Å². The van der Waals surface area contributed by atoms with Gasteiger partial charge in [0, 0.05) is 22.3 Å². The summed E-state index contributed by atoms with van der Waals surface area (Å²) in [6.45, 7) is 7.68. The van der Waals surface area contributed by atoms with Crippen molar-refractivity contribution in [3.8, 4) is 11.5 Å². The van der Waals surface area contributed by atoms with E-state index in [4.69, 9.17) is 9.47 Å². The van der Waals surface area contributed by atoms with E-state index < -0.39 is 22.8 Å². The number of rotatable bonds is 15. The Morgan fingerprint density at radius 1 is 1.00 bits per heavy atom. The minimum Gasteiger partial charge on any atom is -0.490 e. The van der Waals surface area contributed by atoms with Crippen molar-refractivity contribution < 1.29 is 28.8 Å². The lowest BCUT2D eigenvalue weighted by Gasteiger charge is -2.28. The average molecular weight is 822 g/mol. The zero-order chi connectivity index (χ0) is 39.3. The molecule has 0 spiro atoms. The number of amidine groups is 1. The van der Waals surface area contributed by atoms with Crippen LogP contribution < -0.4 is 14.8 Å². The van der Waals surface area contributed by atoms with Gasteiger partial charge in [-0.1, -0.05) is 113 Å². The Morgan fingerprint density at radius 3 is 2.22 bits per heavy atom. The third kappa shape index (κ3) is 10.3. The van der Waals surface area contributed by atoms with Crippen LogP contribution in [0.1, 0.15) is 42.1 Å². The highest BCUT2D eigenvalue weighted by atomic mass is 79.9. The maximum absolute atomic E-state index is 14.2. The number of carbonyl (C=O) groups excluding carboxylic acids is 3. The molecule has 0 radical (unpaired) electrons. The van der Waals surface area contributed by atoms with Crippen LogP contribution in [0.3, 0.4) is 0 Å². The van der Waals surface area contributed by atoms with Gasteiger partial charge >= 0.3 is 0 Å². The van der Waals surface area contributed by atoms with Crippen molar-refractivity contribution in [2.75, 3.05) is 12.4 Å². The van der Waals surface area contributed by atoms with Crippen LogP contribution in [0.25, 0.3) is 6.08 Å². The zero-order valence-electron chi connectivity index (χ0n) is 30.0. The summed E-state index contributed by atoms with van der Waals surface area (Å²) in [5, 5.41) is 14.2. The molecule has 0 saturated heterocycles. The first-order valence-electron chi connectivity index (χ1n) is 17.1. The number of benzene rings is 4. The highest BCUT2D eigenvalue weighted by molar-refractivity contribution is 9.10. The van der Waals surface area contributed by atoms with E-state index in [0.29, 0.717) is 39.4 Å². The molecule has 13 heteroatoms. The molecule has 0 aliphatic carbocycles. The molecule has 1 N–H and O–H groups in total. The first-order valence-corrected chi connectivity index (χ1v) is 18.9. The summed E-state index contributed by atoms with van der Waals surface area (Å²) in [6.07, 6.45) is 8.00. The van der Waals surface area contributed by atoms with Gasteiger partial charge in [0.05, 0.1) is 23.3 Å². The summed E-state index contributed by atoms with van der Waals surface area (Å²) in [4.78, 5) is 57.5. The van der Waals surface area contributed by atoms with Crippen molar-refractivity contribution in [1.82, 2.24) is 10.2 Å². The van der Waals surface area contributed by atoms with Gasteiger partial charge in [-0.05, 0) is 72.5 Å². The van der Waals surface area contributed by atoms with Gasteiger partial charge < -0.3 is 14.8 Å². The number of allylic oxidation sites excluding steroid dienone is 4. The van der Waals surface area contributed by atoms with E-state index in [0.717, 1.165) is 22.9 Å². The number of nitro groups is 1. The van der Waals surface area contributed by atoms with Gasteiger partial charge in [-0.2, -0.15) is 4.99 Å². The van der Waals surface area contributed by atoms with Crippen molar-refractivity contribution in [3.05, 3.63) is 176 Å². The van der Waals surface area contributed by atoms with Crippen LogP contribution in [0.2, 0.25) is 0 Å². The molecule has 0 saturated carbocycles. The minimum atomic E-state index is -0.776. The van der Waals surface area contributed by atoms with Crippen molar-refractivity contribution in [1.29, 1.82) is 0 Å². The maximum atomic E-state index is 14.2. The van der Waals surface area contributed by atoms with Gasteiger partial charge in [-0.25, -0.2) is 0 Å². The second-order valence-corrected chi connectivity index (χ2v) is 13.6. The third-order valence-corrected chi connectivity index (χ3v) is 9.74. The highest BCUT2D eigenvalue weighted by Gasteiger charge is 2.35. The molecular weight excluding hydrogens is 784 g/mol. The SMILES string of the molecule is C=C/C=C\C(=C/C)N1C(=O)/C(=C/c2cc(OCC)c(OCc3ccc([N+](=O)[O-])cc3)cc2Br)C(=O)N=C1SCC(=O)NC(c1ccccc1)c1ccccc1. The van der Waals surface area contributed by atoms with E-state index in [1.165, 1.54) is 23.1 Å². The molecule has 1 heterocycles. The second-order valence-electron chi connectivity index (χ2n) is 11.8. The van der Waals surface area contributed by atoms with Crippen LogP contribution in [0.4, 0.5) is 5.69 Å². The Bertz CT molecular complexity index is 2150. The highest BCUT2D eigenvalue weighted by Crippen LogP contribution is 2.37. The summed E-state index contributed by atoms with van der Waals surface area (Å²) in [5.74, 6) is -1.14. The van der Waals surface area contributed by atoms with Crippen LogP contribution in [0.15, 0.2) is 149 Å². The van der Waals surface area contributed by atoms with E-state index in [1.54, 1.807) is 62.4 Å².